The molecule has 5 heteroatoms. The second-order valence-corrected chi connectivity index (χ2v) is 6.43. The number of hydrogen-bond acceptors (Lipinski definition) is 5. The van der Waals surface area contributed by atoms with Crippen LogP contribution in [0.15, 0.2) is 85.1 Å². The van der Waals surface area contributed by atoms with Crippen LogP contribution >= 0.6 is 0 Å². The lowest BCUT2D eigenvalue weighted by atomic mass is 10.0. The van der Waals surface area contributed by atoms with Crippen molar-refractivity contribution in [3.8, 4) is 5.75 Å². The molecule has 0 bridgehead atoms. The molecule has 0 aromatic heterocycles. The number of methoxy groups -OCH3 is 2. The van der Waals surface area contributed by atoms with Gasteiger partial charge < -0.3 is 14.2 Å². The summed E-state index contributed by atoms with van der Waals surface area (Å²) in [6.07, 6.45) is 1.35. The monoisotopic (exact) mass is 402 g/mol. The van der Waals surface area contributed by atoms with Gasteiger partial charge in [0, 0.05) is 11.1 Å². The zero-order valence-electron chi connectivity index (χ0n) is 16.8. The van der Waals surface area contributed by atoms with E-state index in [1.165, 1.54) is 20.5 Å². The Balaban J connectivity index is 1.81. The lowest BCUT2D eigenvalue weighted by Crippen LogP contribution is -2.08. The van der Waals surface area contributed by atoms with Gasteiger partial charge in [-0.3, -0.25) is 4.79 Å². The zero-order chi connectivity index (χ0) is 21.3. The molecular weight excluding hydrogens is 380 g/mol. The van der Waals surface area contributed by atoms with Gasteiger partial charge in [-0.2, -0.15) is 0 Å². The third-order valence-electron chi connectivity index (χ3n) is 4.48. The first kappa shape index (κ1) is 20.9. The lowest BCUT2D eigenvalue weighted by molar-refractivity contribution is -0.133. The molecule has 0 aliphatic rings. The van der Waals surface area contributed by atoms with Crippen LogP contribution in [0.25, 0.3) is 5.57 Å². The molecule has 0 atom stereocenters. The molecule has 0 spiro atoms. The van der Waals surface area contributed by atoms with E-state index in [0.717, 1.165) is 5.56 Å². The first-order valence-corrected chi connectivity index (χ1v) is 9.36. The molecule has 0 N–H and O–H groups in total. The molecule has 5 nitrogen and oxygen atoms in total. The van der Waals surface area contributed by atoms with E-state index in [2.05, 4.69) is 0 Å². The van der Waals surface area contributed by atoms with E-state index < -0.39 is 5.97 Å². The van der Waals surface area contributed by atoms with Crippen molar-refractivity contribution >= 4 is 17.3 Å². The molecule has 3 aromatic carbocycles. The van der Waals surface area contributed by atoms with Crippen LogP contribution in [0.1, 0.15) is 27.0 Å². The van der Waals surface area contributed by atoms with Crippen LogP contribution < -0.4 is 4.74 Å². The van der Waals surface area contributed by atoms with Crippen LogP contribution in [0.2, 0.25) is 0 Å². The van der Waals surface area contributed by atoms with Crippen LogP contribution in [-0.2, 0) is 20.9 Å². The van der Waals surface area contributed by atoms with Gasteiger partial charge in [-0.05, 0) is 23.3 Å². The summed E-state index contributed by atoms with van der Waals surface area (Å²) in [5.41, 5.74) is 2.90. The van der Waals surface area contributed by atoms with Gasteiger partial charge >= 0.3 is 5.97 Å². The summed E-state index contributed by atoms with van der Waals surface area (Å²) in [5.74, 6) is -0.0147. The minimum atomic E-state index is -0.500. The van der Waals surface area contributed by atoms with Gasteiger partial charge in [0.15, 0.2) is 5.78 Å². The molecule has 0 aliphatic heterocycles. The van der Waals surface area contributed by atoms with E-state index in [1.807, 2.05) is 36.4 Å². The van der Waals surface area contributed by atoms with Crippen molar-refractivity contribution in [3.05, 3.63) is 107 Å². The Morgan fingerprint density at radius 1 is 0.833 bits per heavy atom. The molecule has 0 amide bonds. The number of rotatable bonds is 8. The Hall–Kier alpha value is -3.86. The second-order valence-electron chi connectivity index (χ2n) is 6.43. The van der Waals surface area contributed by atoms with E-state index in [9.17, 15) is 9.59 Å². The van der Waals surface area contributed by atoms with E-state index in [4.69, 9.17) is 14.2 Å². The molecular formula is C25H22O5. The zero-order valence-corrected chi connectivity index (χ0v) is 16.8. The molecule has 3 aromatic rings. The van der Waals surface area contributed by atoms with E-state index >= 15 is 0 Å². The van der Waals surface area contributed by atoms with Crippen molar-refractivity contribution in [2.24, 2.45) is 0 Å². The lowest BCUT2D eigenvalue weighted by Gasteiger charge is -2.13. The normalized spacial score (nSPS) is 10.9. The Labute approximate surface area is 175 Å². The predicted molar refractivity (Wildman–Crippen MR) is 114 cm³/mol. The van der Waals surface area contributed by atoms with Gasteiger partial charge in [-0.1, -0.05) is 66.7 Å². The van der Waals surface area contributed by atoms with Crippen LogP contribution in [0.4, 0.5) is 0 Å². The molecule has 0 heterocycles. The van der Waals surface area contributed by atoms with Gasteiger partial charge in [0.2, 0.25) is 0 Å². The molecule has 0 saturated carbocycles. The predicted octanol–water partition coefficient (Wildman–Crippen LogP) is 4.66. The number of esters is 1. The average Bonchev–Trinajstić information content (AvgIpc) is 2.81. The third kappa shape index (κ3) is 4.94. The van der Waals surface area contributed by atoms with Crippen LogP contribution in [-0.4, -0.2) is 26.0 Å². The highest BCUT2D eigenvalue weighted by atomic mass is 16.5. The maximum atomic E-state index is 12.7. The summed E-state index contributed by atoms with van der Waals surface area (Å²) in [5, 5.41) is 0. The van der Waals surface area contributed by atoms with Gasteiger partial charge in [-0.15, -0.1) is 0 Å². The minimum absolute atomic E-state index is 0.0718. The van der Waals surface area contributed by atoms with E-state index in [0.29, 0.717) is 28.0 Å². The summed E-state index contributed by atoms with van der Waals surface area (Å²) in [4.78, 5) is 24.8. The topological polar surface area (TPSA) is 61.8 Å². The Bertz CT molecular complexity index is 1050. The first-order valence-electron chi connectivity index (χ1n) is 9.36. The quantitative estimate of drug-likeness (QED) is 0.237. The molecule has 0 unspecified atom stereocenters. The van der Waals surface area contributed by atoms with E-state index in [-0.39, 0.29) is 12.4 Å². The maximum absolute atomic E-state index is 12.7. The maximum Gasteiger partial charge on any atom is 0.341 e. The number of ketones is 1. The number of benzene rings is 3. The van der Waals surface area contributed by atoms with Crippen LogP contribution in [0.3, 0.4) is 0 Å². The summed E-state index contributed by atoms with van der Waals surface area (Å²) in [7, 11) is 2.79. The summed E-state index contributed by atoms with van der Waals surface area (Å²) in [6.45, 7) is 0.206. The molecule has 0 saturated heterocycles. The number of carbonyl (C=O) groups is 2. The standard InChI is InChI=1S/C25H22O5/c1-28-17-23(25(27)29-2)22-14-7-6-11-20(22)16-30-21-13-8-12-19(15-21)24(26)18-9-4-3-5-10-18/h3-15,17H,16H2,1-2H3/b23-17+. The molecule has 152 valence electrons. The minimum Gasteiger partial charge on any atom is -0.503 e. The fourth-order valence-electron chi connectivity index (χ4n) is 3.00. The van der Waals surface area contributed by atoms with Crippen molar-refractivity contribution in [1.29, 1.82) is 0 Å². The van der Waals surface area contributed by atoms with Crippen LogP contribution in [0, 0.1) is 0 Å². The average molecular weight is 402 g/mol. The van der Waals surface area contributed by atoms with Gasteiger partial charge in [0.05, 0.1) is 20.5 Å². The summed E-state index contributed by atoms with van der Waals surface area (Å²) < 4.78 is 15.8. The van der Waals surface area contributed by atoms with Gasteiger partial charge in [0.1, 0.15) is 17.9 Å². The largest absolute Gasteiger partial charge is 0.503 e. The summed E-state index contributed by atoms with van der Waals surface area (Å²) in [6, 6.07) is 23.5. The fourth-order valence-corrected chi connectivity index (χ4v) is 3.00. The number of hydrogen-bond donors (Lipinski definition) is 0. The fraction of sp³-hybridized carbons (Fsp3) is 0.120. The Morgan fingerprint density at radius 3 is 2.27 bits per heavy atom. The highest BCUT2D eigenvalue weighted by Crippen LogP contribution is 2.23. The molecule has 0 aliphatic carbocycles. The summed E-state index contributed by atoms with van der Waals surface area (Å²) >= 11 is 0. The number of ether oxygens (including phenoxy) is 3. The molecule has 3 rings (SSSR count). The van der Waals surface area contributed by atoms with Crippen molar-refractivity contribution in [2.45, 2.75) is 6.61 Å². The highest BCUT2D eigenvalue weighted by Gasteiger charge is 2.17. The van der Waals surface area contributed by atoms with Crippen molar-refractivity contribution in [1.82, 2.24) is 0 Å². The van der Waals surface area contributed by atoms with E-state index in [1.54, 1.807) is 42.5 Å². The SMILES string of the molecule is CO/C=C(/C(=O)OC)c1ccccc1COc1cccc(C(=O)c2ccccc2)c1. The van der Waals surface area contributed by atoms with Gasteiger partial charge in [0.25, 0.3) is 0 Å². The first-order chi connectivity index (χ1) is 14.6. The van der Waals surface area contributed by atoms with Crippen LogP contribution in [0.5, 0.6) is 5.75 Å². The third-order valence-corrected chi connectivity index (χ3v) is 4.48. The Kier molecular flexibility index (Phi) is 7.00. The molecule has 30 heavy (non-hydrogen) atoms. The van der Waals surface area contributed by atoms with Crippen molar-refractivity contribution in [3.63, 3.8) is 0 Å². The van der Waals surface area contributed by atoms with Gasteiger partial charge in [-0.25, -0.2) is 4.79 Å². The highest BCUT2D eigenvalue weighted by molar-refractivity contribution is 6.16. The molecule has 0 fully saturated rings. The molecule has 0 radical (unpaired) electrons. The Morgan fingerprint density at radius 2 is 1.53 bits per heavy atom. The smallest absolute Gasteiger partial charge is 0.341 e. The van der Waals surface area contributed by atoms with Crippen molar-refractivity contribution < 1.29 is 23.8 Å². The number of carbonyl (C=O) groups excluding carboxylic acids is 2. The second kappa shape index (κ2) is 10.1. The van der Waals surface area contributed by atoms with Crippen molar-refractivity contribution in [2.75, 3.05) is 14.2 Å².